The third-order valence-electron chi connectivity index (χ3n) is 12.3. The van der Waals surface area contributed by atoms with E-state index >= 15 is 0 Å². The Morgan fingerprint density at radius 3 is 2.54 bits per heavy atom. The van der Waals surface area contributed by atoms with Crippen LogP contribution in [0.15, 0.2) is 71.9 Å². The number of ether oxygens (including phenoxy) is 3. The number of unbranched alkanes of at least 4 members (excludes halogenated alkanes) is 2. The van der Waals surface area contributed by atoms with Crippen LogP contribution in [0.2, 0.25) is 0 Å². The number of amides is 1. The standard InChI is InChI=1S/C44H59N3O9/c1-4-25-53-44-40(46(3)41(50)22-19-30-13-6-7-14-30)29-38(45-54-5-2)36-26-31(15-8-10-23-48)35(18-9-11-24-49)42(43(36)44)37-28-34(20-21-39(37)56-44)55-33-17-12-16-32(27-33)47(51)52/h4,12,16-17,20-21,26-28,30-31,35,40,42-43,48-49H,1,5-11,13-15,18-19,22-25,29H2,2-3H3/t31-,35+,40-,42+,43+,44+/m0/s1. The molecule has 0 radical (unpaired) electrons. The highest BCUT2D eigenvalue weighted by molar-refractivity contribution is 6.03. The molecular weight excluding hydrogens is 714 g/mol. The molecule has 6 rings (SSSR count). The van der Waals surface area contributed by atoms with Gasteiger partial charge in [-0.2, -0.15) is 0 Å². The molecule has 0 saturated heterocycles. The van der Waals surface area contributed by atoms with Gasteiger partial charge in [-0.25, -0.2) is 0 Å². The van der Waals surface area contributed by atoms with E-state index in [-0.39, 0.29) is 49.2 Å². The molecule has 0 aromatic heterocycles. The third kappa shape index (κ3) is 8.98. The van der Waals surface area contributed by atoms with Crippen LogP contribution < -0.4 is 9.47 Å². The molecule has 0 spiro atoms. The van der Waals surface area contributed by atoms with Crippen LogP contribution in [0.4, 0.5) is 5.69 Å². The van der Waals surface area contributed by atoms with Crippen LogP contribution in [-0.2, 0) is 14.4 Å². The van der Waals surface area contributed by atoms with Crippen LogP contribution >= 0.6 is 0 Å². The normalized spacial score (nSPS) is 26.1. The first-order valence-electron chi connectivity index (χ1n) is 20.6. The van der Waals surface area contributed by atoms with Crippen molar-refractivity contribution >= 4 is 17.3 Å². The molecule has 0 bridgehead atoms. The van der Waals surface area contributed by atoms with Crippen molar-refractivity contribution in [2.75, 3.05) is 33.5 Å². The molecule has 1 heterocycles. The minimum atomic E-state index is -1.31. The summed E-state index contributed by atoms with van der Waals surface area (Å²) in [4.78, 5) is 33.0. The van der Waals surface area contributed by atoms with Crippen molar-refractivity contribution in [3.63, 3.8) is 0 Å². The van der Waals surface area contributed by atoms with Crippen LogP contribution in [0.5, 0.6) is 17.2 Å². The van der Waals surface area contributed by atoms with Gasteiger partial charge in [0.15, 0.2) is 0 Å². The number of nitro groups is 1. The van der Waals surface area contributed by atoms with Gasteiger partial charge in [0.25, 0.3) is 5.69 Å². The number of benzene rings is 2. The van der Waals surface area contributed by atoms with Crippen LogP contribution in [0.3, 0.4) is 0 Å². The molecule has 2 aromatic carbocycles. The fourth-order valence-corrected chi connectivity index (χ4v) is 9.71. The van der Waals surface area contributed by atoms with E-state index in [1.165, 1.54) is 37.8 Å². The molecule has 6 atom stereocenters. The quantitative estimate of drug-likeness (QED) is 0.0584. The Kier molecular flexibility index (Phi) is 14.2. The molecule has 2 fully saturated rings. The van der Waals surface area contributed by atoms with E-state index in [2.05, 4.69) is 12.7 Å². The minimum Gasteiger partial charge on any atom is -0.459 e. The Labute approximate surface area is 330 Å². The number of allylic oxidation sites excluding steroid dienone is 1. The summed E-state index contributed by atoms with van der Waals surface area (Å²) in [5.74, 6) is 0.287. The molecule has 3 aliphatic carbocycles. The number of non-ortho nitro benzene ring substituents is 1. The SMILES string of the molecule is C=CCO[C@@]12Oc3ccc(Oc4cccc([N+](=O)[O-])c4)cc3[C@H]3[C@H](CCCCO)[C@@H](CCCCO)C=C(C(=NOCC)C[C@@H]1N(C)C(=O)CCC1CCCC1)[C@H]32. The predicted molar refractivity (Wildman–Crippen MR) is 214 cm³/mol. The number of oxime groups is 1. The number of likely N-dealkylation sites (N-methyl/N-ethyl adjacent to an activating group) is 1. The fourth-order valence-electron chi connectivity index (χ4n) is 9.71. The fraction of sp³-hybridized carbons (Fsp3) is 0.591. The Bertz CT molecular complexity index is 1740. The Morgan fingerprint density at radius 1 is 1.07 bits per heavy atom. The smallest absolute Gasteiger partial charge is 0.273 e. The van der Waals surface area contributed by atoms with E-state index in [9.17, 15) is 25.1 Å². The molecule has 12 nitrogen and oxygen atoms in total. The average Bonchev–Trinajstić information content (AvgIpc) is 3.73. The first kappa shape index (κ1) is 41.4. The molecular formula is C44H59N3O9. The number of rotatable bonds is 20. The summed E-state index contributed by atoms with van der Waals surface area (Å²) >= 11 is 0. The Balaban J connectivity index is 1.51. The van der Waals surface area contributed by atoms with Gasteiger partial charge >= 0.3 is 0 Å². The number of carbonyl (C=O) groups is 1. The zero-order valence-electron chi connectivity index (χ0n) is 33.0. The number of aliphatic hydroxyl groups excluding tert-OH is 2. The maximum Gasteiger partial charge on any atom is 0.273 e. The lowest BCUT2D eigenvalue weighted by molar-refractivity contribution is -0.384. The third-order valence-corrected chi connectivity index (χ3v) is 12.3. The number of carbonyl (C=O) groups excluding carboxylic acids is 1. The zero-order chi connectivity index (χ0) is 39.7. The van der Waals surface area contributed by atoms with Crippen molar-refractivity contribution in [1.82, 2.24) is 4.90 Å². The van der Waals surface area contributed by atoms with Gasteiger partial charge in [-0.3, -0.25) is 14.9 Å². The number of hydrogen-bond donors (Lipinski definition) is 2. The van der Waals surface area contributed by atoms with Crippen LogP contribution in [-0.4, -0.2) is 77.0 Å². The Morgan fingerprint density at radius 2 is 1.82 bits per heavy atom. The zero-order valence-corrected chi connectivity index (χ0v) is 33.0. The van der Waals surface area contributed by atoms with Crippen molar-refractivity contribution in [3.8, 4) is 17.2 Å². The van der Waals surface area contributed by atoms with Crippen molar-refractivity contribution in [1.29, 1.82) is 0 Å². The first-order valence-corrected chi connectivity index (χ1v) is 20.6. The second-order valence-corrected chi connectivity index (χ2v) is 15.7. The number of fused-ring (bicyclic) bond motifs is 2. The summed E-state index contributed by atoms with van der Waals surface area (Å²) in [5.41, 5.74) is 2.57. The highest BCUT2D eigenvalue weighted by Crippen LogP contribution is 2.62. The van der Waals surface area contributed by atoms with Gasteiger partial charge in [0, 0.05) is 50.7 Å². The summed E-state index contributed by atoms with van der Waals surface area (Å²) in [5, 5.41) is 36.0. The summed E-state index contributed by atoms with van der Waals surface area (Å²) in [6.45, 7) is 6.66. The van der Waals surface area contributed by atoms with E-state index < -0.39 is 22.7 Å². The highest BCUT2D eigenvalue weighted by atomic mass is 16.7. The minimum absolute atomic E-state index is 0.0375. The van der Waals surface area contributed by atoms with Crippen molar-refractivity contribution in [3.05, 3.63) is 82.4 Å². The molecule has 2 aromatic rings. The second-order valence-electron chi connectivity index (χ2n) is 15.7. The van der Waals surface area contributed by atoms with Gasteiger partial charge in [0.2, 0.25) is 11.7 Å². The molecule has 4 aliphatic rings. The first-order chi connectivity index (χ1) is 27.2. The largest absolute Gasteiger partial charge is 0.459 e. The molecule has 2 N–H and O–H groups in total. The van der Waals surface area contributed by atoms with Crippen LogP contribution in [0.25, 0.3) is 0 Å². The van der Waals surface area contributed by atoms with Gasteiger partial charge in [0.1, 0.15) is 29.9 Å². The van der Waals surface area contributed by atoms with E-state index in [0.717, 1.165) is 49.0 Å². The second kappa shape index (κ2) is 19.3. The van der Waals surface area contributed by atoms with Gasteiger partial charge in [-0.1, -0.05) is 61.9 Å². The lowest BCUT2D eigenvalue weighted by Gasteiger charge is -2.59. The summed E-state index contributed by atoms with van der Waals surface area (Å²) in [6.07, 6.45) is 15.1. The van der Waals surface area contributed by atoms with Gasteiger partial charge in [0.05, 0.1) is 29.2 Å². The predicted octanol–water partition coefficient (Wildman–Crippen LogP) is 8.47. The monoisotopic (exact) mass is 773 g/mol. The van der Waals surface area contributed by atoms with Crippen molar-refractivity contribution < 1.29 is 39.0 Å². The van der Waals surface area contributed by atoms with E-state index in [4.69, 9.17) is 24.2 Å². The maximum atomic E-state index is 14.2. The molecule has 304 valence electrons. The Hall–Kier alpha value is -4.26. The molecule has 2 saturated carbocycles. The summed E-state index contributed by atoms with van der Waals surface area (Å²) in [7, 11) is 1.86. The number of aliphatic hydroxyl groups is 2. The molecule has 1 aliphatic heterocycles. The summed E-state index contributed by atoms with van der Waals surface area (Å²) in [6, 6.07) is 11.2. The lowest BCUT2D eigenvalue weighted by Crippen LogP contribution is -2.69. The van der Waals surface area contributed by atoms with E-state index in [0.29, 0.717) is 55.5 Å². The molecule has 1 amide bonds. The molecule has 0 unspecified atom stereocenters. The number of hydrogen-bond acceptors (Lipinski definition) is 10. The van der Waals surface area contributed by atoms with E-state index in [1.54, 1.807) is 24.3 Å². The van der Waals surface area contributed by atoms with Gasteiger partial charge in [-0.15, -0.1) is 6.58 Å². The molecule has 12 heteroatoms. The summed E-state index contributed by atoms with van der Waals surface area (Å²) < 4.78 is 20.5. The van der Waals surface area contributed by atoms with Gasteiger partial charge < -0.3 is 34.2 Å². The van der Waals surface area contributed by atoms with Crippen LogP contribution in [0, 0.1) is 33.8 Å². The highest BCUT2D eigenvalue weighted by Gasteiger charge is 2.65. The van der Waals surface area contributed by atoms with Gasteiger partial charge in [-0.05, 0) is 86.6 Å². The van der Waals surface area contributed by atoms with E-state index in [1.807, 2.05) is 31.0 Å². The lowest BCUT2D eigenvalue weighted by atomic mass is 9.55. The van der Waals surface area contributed by atoms with Crippen molar-refractivity contribution in [2.24, 2.45) is 28.8 Å². The van der Waals surface area contributed by atoms with Crippen molar-refractivity contribution in [2.45, 2.75) is 108 Å². The maximum absolute atomic E-state index is 14.2. The van der Waals surface area contributed by atoms with Crippen LogP contribution in [0.1, 0.15) is 102 Å². The topological polar surface area (TPSA) is 153 Å². The molecule has 56 heavy (non-hydrogen) atoms. The average molecular weight is 774 g/mol. The number of nitrogens with zero attached hydrogens (tertiary/aromatic N) is 3. The number of nitro benzene ring substituents is 1.